The highest BCUT2D eigenvalue weighted by Gasteiger charge is 2.20. The average Bonchev–Trinajstić information content (AvgIpc) is 2.79. The molecule has 3 aromatic heterocycles. The molecule has 0 fully saturated rings. The Morgan fingerprint density at radius 1 is 1.13 bits per heavy atom. The Balaban J connectivity index is 1.37. The van der Waals surface area contributed by atoms with Crippen LogP contribution >= 0.6 is 11.6 Å². The molecular formula is C23H20ClN5O. The molecule has 6 nitrogen and oxygen atoms in total. The van der Waals surface area contributed by atoms with Gasteiger partial charge in [0.05, 0.1) is 18.3 Å². The van der Waals surface area contributed by atoms with E-state index in [4.69, 9.17) is 21.3 Å². The van der Waals surface area contributed by atoms with Crippen molar-refractivity contribution in [1.82, 2.24) is 24.8 Å². The molecule has 0 aliphatic carbocycles. The molecule has 0 amide bonds. The van der Waals surface area contributed by atoms with E-state index >= 15 is 0 Å². The Morgan fingerprint density at radius 3 is 2.90 bits per heavy atom. The van der Waals surface area contributed by atoms with Gasteiger partial charge in [0.2, 0.25) is 0 Å². The summed E-state index contributed by atoms with van der Waals surface area (Å²) in [5, 5.41) is 1.57. The van der Waals surface area contributed by atoms with Gasteiger partial charge in [0.1, 0.15) is 10.9 Å². The molecule has 0 atom stereocenters. The third-order valence-corrected chi connectivity index (χ3v) is 5.70. The van der Waals surface area contributed by atoms with Crippen LogP contribution in [-0.2, 0) is 19.5 Å². The van der Waals surface area contributed by atoms with Crippen molar-refractivity contribution in [1.29, 1.82) is 0 Å². The summed E-state index contributed by atoms with van der Waals surface area (Å²) in [6, 6.07) is 11.8. The maximum atomic E-state index is 6.49. The zero-order chi connectivity index (χ0) is 20.5. The predicted molar refractivity (Wildman–Crippen MR) is 116 cm³/mol. The van der Waals surface area contributed by atoms with Gasteiger partial charge in [-0.05, 0) is 36.4 Å². The zero-order valence-electron chi connectivity index (χ0n) is 16.5. The number of halogens is 1. The fraction of sp³-hybridized carbons (Fsp3) is 0.217. The maximum absolute atomic E-state index is 6.49. The van der Waals surface area contributed by atoms with Crippen LogP contribution in [0.5, 0.6) is 5.75 Å². The Kier molecular flexibility index (Phi) is 5.02. The first-order chi connectivity index (χ1) is 14.7. The van der Waals surface area contributed by atoms with E-state index in [1.165, 1.54) is 0 Å². The molecule has 0 spiro atoms. The summed E-state index contributed by atoms with van der Waals surface area (Å²) in [4.78, 5) is 20.4. The van der Waals surface area contributed by atoms with E-state index < -0.39 is 0 Å². The standard InChI is InChI=1S/C23H20ClN5O/c1-30-19-4-5-20-16(10-19)9-17(22(24)27-20)13-29-8-6-21-18(14-29)12-26-23(28-21)15-3-2-7-25-11-15/h2-5,7,9-12H,6,8,13-14H2,1H3. The van der Waals surface area contributed by atoms with Crippen molar-refractivity contribution in [2.24, 2.45) is 0 Å². The summed E-state index contributed by atoms with van der Waals surface area (Å²) in [7, 11) is 1.67. The summed E-state index contributed by atoms with van der Waals surface area (Å²) >= 11 is 6.49. The summed E-state index contributed by atoms with van der Waals surface area (Å²) in [5.74, 6) is 1.54. The first-order valence-electron chi connectivity index (χ1n) is 9.80. The molecule has 0 radical (unpaired) electrons. The molecule has 1 aliphatic heterocycles. The van der Waals surface area contributed by atoms with Crippen molar-refractivity contribution < 1.29 is 4.74 Å². The fourth-order valence-corrected chi connectivity index (χ4v) is 4.00. The molecule has 1 aromatic carbocycles. The van der Waals surface area contributed by atoms with Gasteiger partial charge < -0.3 is 4.74 Å². The molecule has 4 aromatic rings. The Morgan fingerprint density at radius 2 is 2.07 bits per heavy atom. The van der Waals surface area contributed by atoms with E-state index in [0.29, 0.717) is 5.15 Å². The van der Waals surface area contributed by atoms with Gasteiger partial charge >= 0.3 is 0 Å². The highest BCUT2D eigenvalue weighted by molar-refractivity contribution is 6.30. The summed E-state index contributed by atoms with van der Waals surface area (Å²) in [5.41, 5.74) is 5.07. The summed E-state index contributed by atoms with van der Waals surface area (Å²) in [6.45, 7) is 2.42. The number of nitrogens with zero attached hydrogens (tertiary/aromatic N) is 5. The summed E-state index contributed by atoms with van der Waals surface area (Å²) < 4.78 is 5.33. The van der Waals surface area contributed by atoms with Gasteiger partial charge in [0.25, 0.3) is 0 Å². The number of ether oxygens (including phenoxy) is 1. The van der Waals surface area contributed by atoms with Crippen LogP contribution < -0.4 is 4.74 Å². The lowest BCUT2D eigenvalue weighted by atomic mass is 10.1. The molecule has 1 aliphatic rings. The molecule has 150 valence electrons. The number of rotatable bonds is 4. The maximum Gasteiger partial charge on any atom is 0.160 e. The molecule has 0 saturated heterocycles. The molecule has 0 bridgehead atoms. The predicted octanol–water partition coefficient (Wildman–Crippen LogP) is 4.31. The number of benzene rings is 1. The molecule has 0 unspecified atom stereocenters. The molecule has 30 heavy (non-hydrogen) atoms. The fourth-order valence-electron chi connectivity index (χ4n) is 3.80. The van der Waals surface area contributed by atoms with Crippen LogP contribution in [0.25, 0.3) is 22.3 Å². The third-order valence-electron chi connectivity index (χ3n) is 5.37. The molecule has 0 saturated carbocycles. The zero-order valence-corrected chi connectivity index (χ0v) is 17.3. The SMILES string of the molecule is COc1ccc2nc(Cl)c(CN3CCc4nc(-c5cccnc5)ncc4C3)cc2c1. The molecule has 4 heterocycles. The Bertz CT molecular complexity index is 1220. The topological polar surface area (TPSA) is 64.0 Å². The number of hydrogen-bond acceptors (Lipinski definition) is 6. The lowest BCUT2D eigenvalue weighted by Gasteiger charge is -2.28. The number of fused-ring (bicyclic) bond motifs is 2. The lowest BCUT2D eigenvalue weighted by Crippen LogP contribution is -2.31. The van der Waals surface area contributed by atoms with Crippen molar-refractivity contribution in [2.45, 2.75) is 19.5 Å². The van der Waals surface area contributed by atoms with Gasteiger partial charge in [-0.1, -0.05) is 11.6 Å². The Hall–Kier alpha value is -3.09. The van der Waals surface area contributed by atoms with Gasteiger partial charge in [0.15, 0.2) is 5.82 Å². The van der Waals surface area contributed by atoms with Gasteiger partial charge in [-0.25, -0.2) is 15.0 Å². The van der Waals surface area contributed by atoms with E-state index in [1.54, 1.807) is 19.5 Å². The quantitative estimate of drug-likeness (QED) is 0.461. The van der Waals surface area contributed by atoms with Crippen LogP contribution in [0.3, 0.4) is 0 Å². The van der Waals surface area contributed by atoms with Crippen LogP contribution in [0.4, 0.5) is 0 Å². The second kappa shape index (κ2) is 7.97. The molecule has 7 heteroatoms. The number of aromatic nitrogens is 4. The second-order valence-corrected chi connectivity index (χ2v) is 7.72. The monoisotopic (exact) mass is 417 g/mol. The molecule has 5 rings (SSSR count). The van der Waals surface area contributed by atoms with E-state index in [2.05, 4.69) is 25.9 Å². The minimum atomic E-state index is 0.543. The lowest BCUT2D eigenvalue weighted by molar-refractivity contribution is 0.243. The molecular weight excluding hydrogens is 398 g/mol. The number of hydrogen-bond donors (Lipinski definition) is 0. The minimum Gasteiger partial charge on any atom is -0.497 e. The third kappa shape index (κ3) is 3.72. The smallest absolute Gasteiger partial charge is 0.160 e. The average molecular weight is 418 g/mol. The Labute approximate surface area is 179 Å². The van der Waals surface area contributed by atoms with Gasteiger partial charge in [-0.3, -0.25) is 9.88 Å². The van der Waals surface area contributed by atoms with E-state index in [-0.39, 0.29) is 0 Å². The second-order valence-electron chi connectivity index (χ2n) is 7.36. The van der Waals surface area contributed by atoms with Crippen molar-refractivity contribution in [3.63, 3.8) is 0 Å². The largest absolute Gasteiger partial charge is 0.497 e. The van der Waals surface area contributed by atoms with E-state index in [9.17, 15) is 0 Å². The van der Waals surface area contributed by atoms with Crippen molar-refractivity contribution in [3.05, 3.63) is 77.0 Å². The van der Waals surface area contributed by atoms with Crippen LogP contribution in [-0.4, -0.2) is 38.5 Å². The number of methoxy groups -OCH3 is 1. The number of pyridine rings is 2. The van der Waals surface area contributed by atoms with Crippen molar-refractivity contribution in [2.75, 3.05) is 13.7 Å². The van der Waals surface area contributed by atoms with E-state index in [1.807, 2.05) is 36.5 Å². The van der Waals surface area contributed by atoms with Gasteiger partial charge in [-0.15, -0.1) is 0 Å². The summed E-state index contributed by atoms with van der Waals surface area (Å²) in [6.07, 6.45) is 6.35. The van der Waals surface area contributed by atoms with Crippen molar-refractivity contribution in [3.8, 4) is 17.1 Å². The van der Waals surface area contributed by atoms with Gasteiger partial charge in [0, 0.05) is 66.7 Å². The first kappa shape index (κ1) is 18.9. The van der Waals surface area contributed by atoms with Crippen LogP contribution in [0.1, 0.15) is 16.8 Å². The highest BCUT2D eigenvalue weighted by atomic mass is 35.5. The van der Waals surface area contributed by atoms with Crippen LogP contribution in [0.2, 0.25) is 5.15 Å². The first-order valence-corrected chi connectivity index (χ1v) is 10.2. The van der Waals surface area contributed by atoms with Crippen molar-refractivity contribution >= 4 is 22.5 Å². The van der Waals surface area contributed by atoms with Gasteiger partial charge in [-0.2, -0.15) is 0 Å². The minimum absolute atomic E-state index is 0.543. The highest BCUT2D eigenvalue weighted by Crippen LogP contribution is 2.27. The van der Waals surface area contributed by atoms with E-state index in [0.717, 1.165) is 70.9 Å². The van der Waals surface area contributed by atoms with Crippen LogP contribution in [0.15, 0.2) is 55.0 Å². The van der Waals surface area contributed by atoms with Crippen LogP contribution in [0, 0.1) is 0 Å². The normalized spacial score (nSPS) is 13.9. The molecule has 0 N–H and O–H groups in total.